The molecule has 2 atom stereocenters. The van der Waals surface area contributed by atoms with Gasteiger partial charge in [0.15, 0.2) is 0 Å². The Morgan fingerprint density at radius 2 is 1.89 bits per heavy atom. The van der Waals surface area contributed by atoms with Crippen LogP contribution in [0, 0.1) is 5.41 Å². The van der Waals surface area contributed by atoms with E-state index in [1.165, 1.54) is 29.7 Å². The fourth-order valence-electron chi connectivity index (χ4n) is 4.82. The highest BCUT2D eigenvalue weighted by Gasteiger charge is 2.55. The van der Waals surface area contributed by atoms with Crippen LogP contribution in [-0.4, -0.2) is 24.0 Å². The zero-order chi connectivity index (χ0) is 19.4. The number of nitrogens with zero attached hydrogens (tertiary/aromatic N) is 1. The SMILES string of the molecule is FC(F)(F)c1cccc(C2=CCN(C3CC34C=Cc3ccccc3C4)CC2)c1. The van der Waals surface area contributed by atoms with Gasteiger partial charge in [-0.15, -0.1) is 0 Å². The summed E-state index contributed by atoms with van der Waals surface area (Å²) in [7, 11) is 0. The molecular formula is C24H22F3N. The number of hydrogen-bond acceptors (Lipinski definition) is 1. The second-order valence-electron chi connectivity index (χ2n) is 8.21. The smallest absolute Gasteiger partial charge is 0.295 e. The van der Waals surface area contributed by atoms with Gasteiger partial charge in [-0.1, -0.05) is 54.6 Å². The van der Waals surface area contributed by atoms with Gasteiger partial charge < -0.3 is 0 Å². The Labute approximate surface area is 163 Å². The molecule has 0 aromatic heterocycles. The van der Waals surface area contributed by atoms with Crippen LogP contribution < -0.4 is 0 Å². The summed E-state index contributed by atoms with van der Waals surface area (Å²) >= 11 is 0. The van der Waals surface area contributed by atoms with Gasteiger partial charge in [-0.2, -0.15) is 13.2 Å². The Morgan fingerprint density at radius 3 is 2.68 bits per heavy atom. The van der Waals surface area contributed by atoms with Gasteiger partial charge in [0.05, 0.1) is 5.56 Å². The first kappa shape index (κ1) is 17.7. The average molecular weight is 381 g/mol. The van der Waals surface area contributed by atoms with Crippen molar-refractivity contribution in [2.75, 3.05) is 13.1 Å². The molecule has 3 aliphatic rings. The van der Waals surface area contributed by atoms with Crippen LogP contribution in [0.2, 0.25) is 0 Å². The van der Waals surface area contributed by atoms with E-state index in [1.807, 2.05) is 0 Å². The second-order valence-corrected chi connectivity index (χ2v) is 8.21. The molecular weight excluding hydrogens is 359 g/mol. The number of alkyl halides is 3. The van der Waals surface area contributed by atoms with E-state index in [0.717, 1.165) is 37.6 Å². The molecule has 2 aromatic rings. The van der Waals surface area contributed by atoms with Gasteiger partial charge in [-0.25, -0.2) is 0 Å². The first-order valence-corrected chi connectivity index (χ1v) is 9.83. The van der Waals surface area contributed by atoms with Crippen molar-refractivity contribution in [2.45, 2.75) is 31.5 Å². The van der Waals surface area contributed by atoms with Crippen LogP contribution >= 0.6 is 0 Å². The molecule has 1 saturated carbocycles. The predicted molar refractivity (Wildman–Crippen MR) is 106 cm³/mol. The van der Waals surface area contributed by atoms with Crippen molar-refractivity contribution in [1.29, 1.82) is 0 Å². The summed E-state index contributed by atoms with van der Waals surface area (Å²) in [6.45, 7) is 1.72. The fourth-order valence-corrected chi connectivity index (χ4v) is 4.82. The molecule has 1 fully saturated rings. The molecule has 144 valence electrons. The second kappa shape index (κ2) is 6.35. The van der Waals surface area contributed by atoms with Crippen molar-refractivity contribution in [3.05, 3.63) is 82.9 Å². The molecule has 1 nitrogen and oxygen atoms in total. The Morgan fingerprint density at radius 1 is 1.04 bits per heavy atom. The minimum atomic E-state index is -4.29. The number of rotatable bonds is 2. The third kappa shape index (κ3) is 3.10. The highest BCUT2D eigenvalue weighted by molar-refractivity contribution is 5.67. The molecule has 0 amide bonds. The first-order chi connectivity index (χ1) is 13.4. The van der Waals surface area contributed by atoms with Crippen LogP contribution in [-0.2, 0) is 12.6 Å². The van der Waals surface area contributed by atoms with E-state index in [2.05, 4.69) is 47.4 Å². The Balaban J connectivity index is 1.29. The third-order valence-corrected chi connectivity index (χ3v) is 6.49. The van der Waals surface area contributed by atoms with E-state index in [9.17, 15) is 13.2 Å². The topological polar surface area (TPSA) is 3.24 Å². The highest BCUT2D eigenvalue weighted by Crippen LogP contribution is 2.56. The zero-order valence-corrected chi connectivity index (χ0v) is 15.5. The zero-order valence-electron chi connectivity index (χ0n) is 15.5. The fraction of sp³-hybridized carbons (Fsp3) is 0.333. The maximum absolute atomic E-state index is 13.0. The lowest BCUT2D eigenvalue weighted by Gasteiger charge is -2.30. The lowest BCUT2D eigenvalue weighted by atomic mass is 9.86. The van der Waals surface area contributed by atoms with Gasteiger partial charge in [-0.05, 0) is 53.7 Å². The summed E-state index contributed by atoms with van der Waals surface area (Å²) in [5, 5.41) is 0. The van der Waals surface area contributed by atoms with Gasteiger partial charge >= 0.3 is 6.18 Å². The minimum Gasteiger partial charge on any atom is -0.295 e. The van der Waals surface area contributed by atoms with Crippen molar-refractivity contribution in [3.63, 3.8) is 0 Å². The van der Waals surface area contributed by atoms with Gasteiger partial charge in [0.25, 0.3) is 0 Å². The van der Waals surface area contributed by atoms with E-state index in [4.69, 9.17) is 0 Å². The van der Waals surface area contributed by atoms with Crippen LogP contribution in [0.4, 0.5) is 13.2 Å². The molecule has 1 aliphatic heterocycles. The predicted octanol–water partition coefficient (Wildman–Crippen LogP) is 5.82. The van der Waals surface area contributed by atoms with E-state index in [-0.39, 0.29) is 5.41 Å². The molecule has 28 heavy (non-hydrogen) atoms. The third-order valence-electron chi connectivity index (χ3n) is 6.49. The monoisotopic (exact) mass is 381 g/mol. The summed E-state index contributed by atoms with van der Waals surface area (Å²) in [5.74, 6) is 0. The van der Waals surface area contributed by atoms with E-state index < -0.39 is 11.7 Å². The van der Waals surface area contributed by atoms with Crippen molar-refractivity contribution in [3.8, 4) is 0 Å². The summed E-state index contributed by atoms with van der Waals surface area (Å²) in [5.41, 5.74) is 4.15. The molecule has 0 bridgehead atoms. The Kier molecular flexibility index (Phi) is 4.02. The highest BCUT2D eigenvalue weighted by atomic mass is 19.4. The molecule has 0 saturated heterocycles. The van der Waals surface area contributed by atoms with E-state index >= 15 is 0 Å². The van der Waals surface area contributed by atoms with Crippen molar-refractivity contribution >= 4 is 11.6 Å². The summed E-state index contributed by atoms with van der Waals surface area (Å²) < 4.78 is 39.0. The maximum Gasteiger partial charge on any atom is 0.416 e. The number of hydrogen-bond donors (Lipinski definition) is 0. The largest absolute Gasteiger partial charge is 0.416 e. The maximum atomic E-state index is 13.0. The summed E-state index contributed by atoms with van der Waals surface area (Å²) in [4.78, 5) is 2.50. The molecule has 2 unspecified atom stereocenters. The lowest BCUT2D eigenvalue weighted by Crippen LogP contribution is -2.34. The quantitative estimate of drug-likeness (QED) is 0.633. The molecule has 5 rings (SSSR count). The Hall–Kier alpha value is -2.33. The number of fused-ring (bicyclic) bond motifs is 1. The standard InChI is InChI=1S/C24H22F3N/c25-24(26,27)21-7-3-6-19(14-21)18-9-12-28(13-10-18)22-16-23(22)11-8-17-4-1-2-5-20(17)15-23/h1-9,11,14,22H,10,12-13,15-16H2. The first-order valence-electron chi connectivity index (χ1n) is 9.83. The van der Waals surface area contributed by atoms with Crippen molar-refractivity contribution < 1.29 is 13.2 Å². The number of halogens is 3. The molecule has 0 radical (unpaired) electrons. The van der Waals surface area contributed by atoms with Crippen molar-refractivity contribution in [2.24, 2.45) is 5.41 Å². The normalized spacial score (nSPS) is 26.8. The van der Waals surface area contributed by atoms with Crippen LogP contribution in [0.5, 0.6) is 0 Å². The van der Waals surface area contributed by atoms with E-state index in [1.54, 1.807) is 6.07 Å². The lowest BCUT2D eigenvalue weighted by molar-refractivity contribution is -0.137. The van der Waals surface area contributed by atoms with E-state index in [0.29, 0.717) is 11.6 Å². The number of benzene rings is 2. The molecule has 4 heteroatoms. The molecule has 1 heterocycles. The summed E-state index contributed by atoms with van der Waals surface area (Å²) in [6, 6.07) is 14.8. The summed E-state index contributed by atoms with van der Waals surface area (Å²) in [6.07, 6.45) is 5.52. The van der Waals surface area contributed by atoms with Crippen LogP contribution in [0.15, 0.2) is 60.7 Å². The van der Waals surface area contributed by atoms with Gasteiger partial charge in [-0.3, -0.25) is 4.90 Å². The van der Waals surface area contributed by atoms with Crippen molar-refractivity contribution in [1.82, 2.24) is 4.90 Å². The molecule has 0 N–H and O–H groups in total. The molecule has 1 spiro atoms. The minimum absolute atomic E-state index is 0.246. The van der Waals surface area contributed by atoms with Gasteiger partial charge in [0.1, 0.15) is 0 Å². The van der Waals surface area contributed by atoms with Crippen LogP contribution in [0.25, 0.3) is 11.6 Å². The molecule has 2 aromatic carbocycles. The van der Waals surface area contributed by atoms with Gasteiger partial charge in [0.2, 0.25) is 0 Å². The molecule has 2 aliphatic carbocycles. The van der Waals surface area contributed by atoms with Gasteiger partial charge in [0, 0.05) is 24.5 Å². The Bertz CT molecular complexity index is 972. The van der Waals surface area contributed by atoms with Crippen LogP contribution in [0.3, 0.4) is 0 Å². The average Bonchev–Trinajstić information content (AvgIpc) is 3.40. The van der Waals surface area contributed by atoms with Crippen LogP contribution in [0.1, 0.15) is 35.1 Å².